The first-order valence-electron chi connectivity index (χ1n) is 10.3. The SMILES string of the molecule is CC(C)(C)OC(=O)[C@@H]1[C@H](CN[C@H]2CCN(C(=O)C3CCCC3)C2)C1(C)C. The van der Waals surface area contributed by atoms with Gasteiger partial charge in [0.1, 0.15) is 5.60 Å². The van der Waals surface area contributed by atoms with Gasteiger partial charge < -0.3 is 15.0 Å². The van der Waals surface area contributed by atoms with Crippen molar-refractivity contribution in [1.82, 2.24) is 10.2 Å². The first-order valence-corrected chi connectivity index (χ1v) is 10.3. The van der Waals surface area contributed by atoms with Crippen molar-refractivity contribution < 1.29 is 14.3 Å². The van der Waals surface area contributed by atoms with Gasteiger partial charge in [-0.05, 0) is 57.9 Å². The number of nitrogens with one attached hydrogen (secondary N) is 1. The Balaban J connectivity index is 1.45. The van der Waals surface area contributed by atoms with Crippen LogP contribution in [0.4, 0.5) is 0 Å². The summed E-state index contributed by atoms with van der Waals surface area (Å²) in [4.78, 5) is 27.0. The average Bonchev–Trinajstić information content (AvgIpc) is 3.02. The van der Waals surface area contributed by atoms with E-state index < -0.39 is 5.60 Å². The number of likely N-dealkylation sites (tertiary alicyclic amines) is 1. The van der Waals surface area contributed by atoms with Crippen LogP contribution in [0.5, 0.6) is 0 Å². The lowest BCUT2D eigenvalue weighted by atomic mass is 10.1. The van der Waals surface area contributed by atoms with Crippen LogP contribution in [0.3, 0.4) is 0 Å². The number of hydrogen-bond donors (Lipinski definition) is 1. The third kappa shape index (κ3) is 4.24. The Kier molecular flexibility index (Phi) is 5.40. The van der Waals surface area contributed by atoms with Crippen molar-refractivity contribution in [3.63, 3.8) is 0 Å². The molecule has 0 aromatic heterocycles. The van der Waals surface area contributed by atoms with Crippen LogP contribution in [-0.4, -0.2) is 48.1 Å². The first kappa shape index (κ1) is 19.7. The zero-order chi connectivity index (χ0) is 19.1. The monoisotopic (exact) mass is 364 g/mol. The van der Waals surface area contributed by atoms with Gasteiger partial charge in [0, 0.05) is 25.0 Å². The summed E-state index contributed by atoms with van der Waals surface area (Å²) < 4.78 is 5.59. The molecule has 0 spiro atoms. The standard InChI is InChI=1S/C21H36N2O3/c1-20(2,3)26-19(25)17-16(21(17,4)5)12-22-15-10-11-23(13-15)18(24)14-8-6-7-9-14/h14-17,22H,6-13H2,1-5H3/t15-,16-,17-/m0/s1. The molecule has 0 unspecified atom stereocenters. The van der Waals surface area contributed by atoms with Gasteiger partial charge >= 0.3 is 5.97 Å². The first-order chi connectivity index (χ1) is 12.1. The molecular weight excluding hydrogens is 328 g/mol. The molecule has 0 aromatic rings. The highest BCUT2D eigenvalue weighted by Crippen LogP contribution is 2.58. The van der Waals surface area contributed by atoms with E-state index in [2.05, 4.69) is 24.1 Å². The van der Waals surface area contributed by atoms with E-state index in [-0.39, 0.29) is 23.2 Å². The summed E-state index contributed by atoms with van der Waals surface area (Å²) in [6.07, 6.45) is 5.56. The summed E-state index contributed by atoms with van der Waals surface area (Å²) in [6, 6.07) is 0.357. The van der Waals surface area contributed by atoms with E-state index in [0.717, 1.165) is 38.9 Å². The highest BCUT2D eigenvalue weighted by Gasteiger charge is 2.62. The van der Waals surface area contributed by atoms with Crippen LogP contribution in [0.25, 0.3) is 0 Å². The largest absolute Gasteiger partial charge is 0.460 e. The van der Waals surface area contributed by atoms with Gasteiger partial charge in [-0.3, -0.25) is 9.59 Å². The molecule has 2 saturated carbocycles. The predicted octanol–water partition coefficient (Wildman–Crippen LogP) is 2.98. The summed E-state index contributed by atoms with van der Waals surface area (Å²) in [6.45, 7) is 12.6. The Morgan fingerprint density at radius 1 is 1.15 bits per heavy atom. The lowest BCUT2D eigenvalue weighted by Gasteiger charge is -2.21. The second-order valence-corrected chi connectivity index (χ2v) is 10.1. The van der Waals surface area contributed by atoms with E-state index in [0.29, 0.717) is 17.9 Å². The average molecular weight is 365 g/mol. The number of carbonyl (C=O) groups is 2. The Morgan fingerprint density at radius 3 is 2.42 bits per heavy atom. The molecule has 148 valence electrons. The minimum atomic E-state index is -0.430. The van der Waals surface area contributed by atoms with Gasteiger partial charge in [0.05, 0.1) is 5.92 Å². The summed E-state index contributed by atoms with van der Waals surface area (Å²) in [5.41, 5.74) is -0.437. The van der Waals surface area contributed by atoms with E-state index in [1.165, 1.54) is 12.8 Å². The van der Waals surface area contributed by atoms with Gasteiger partial charge in [-0.15, -0.1) is 0 Å². The van der Waals surface area contributed by atoms with Crippen molar-refractivity contribution in [2.45, 2.75) is 78.4 Å². The Labute approximate surface area is 158 Å². The summed E-state index contributed by atoms with van der Waals surface area (Å²) >= 11 is 0. The molecule has 0 bridgehead atoms. The number of esters is 1. The molecule has 3 atom stereocenters. The Hall–Kier alpha value is -1.10. The maximum atomic E-state index is 12.6. The lowest BCUT2D eigenvalue weighted by Crippen LogP contribution is -2.38. The van der Waals surface area contributed by atoms with Gasteiger partial charge in [0.15, 0.2) is 0 Å². The van der Waals surface area contributed by atoms with Gasteiger partial charge in [0.2, 0.25) is 5.91 Å². The minimum Gasteiger partial charge on any atom is -0.460 e. The maximum absolute atomic E-state index is 12.6. The summed E-state index contributed by atoms with van der Waals surface area (Å²) in [7, 11) is 0. The van der Waals surface area contributed by atoms with Crippen molar-refractivity contribution in [2.24, 2.45) is 23.2 Å². The molecule has 0 aromatic carbocycles. The van der Waals surface area contributed by atoms with Gasteiger partial charge in [-0.25, -0.2) is 0 Å². The molecule has 5 nitrogen and oxygen atoms in total. The third-order valence-corrected chi connectivity index (χ3v) is 6.54. The predicted molar refractivity (Wildman–Crippen MR) is 102 cm³/mol. The number of amides is 1. The van der Waals surface area contributed by atoms with E-state index in [9.17, 15) is 9.59 Å². The summed E-state index contributed by atoms with van der Waals surface area (Å²) in [5.74, 6) is 0.861. The zero-order valence-electron chi connectivity index (χ0n) is 17.1. The lowest BCUT2D eigenvalue weighted by molar-refractivity contribution is -0.157. The second-order valence-electron chi connectivity index (χ2n) is 10.1. The molecule has 3 aliphatic rings. The fourth-order valence-electron chi connectivity index (χ4n) is 4.81. The highest BCUT2D eigenvalue weighted by molar-refractivity contribution is 5.79. The van der Waals surface area contributed by atoms with E-state index >= 15 is 0 Å². The van der Waals surface area contributed by atoms with Crippen LogP contribution in [-0.2, 0) is 14.3 Å². The molecule has 1 N–H and O–H groups in total. The Bertz CT molecular complexity index is 546. The van der Waals surface area contributed by atoms with E-state index in [4.69, 9.17) is 4.74 Å². The molecule has 1 aliphatic heterocycles. The quantitative estimate of drug-likeness (QED) is 0.762. The van der Waals surface area contributed by atoms with Crippen molar-refractivity contribution in [1.29, 1.82) is 0 Å². The number of nitrogens with zero attached hydrogens (tertiary/aromatic N) is 1. The molecule has 3 fully saturated rings. The number of hydrogen-bond acceptors (Lipinski definition) is 4. The van der Waals surface area contributed by atoms with Crippen molar-refractivity contribution in [2.75, 3.05) is 19.6 Å². The molecule has 1 saturated heterocycles. The molecule has 1 heterocycles. The Morgan fingerprint density at radius 2 is 1.81 bits per heavy atom. The fourth-order valence-corrected chi connectivity index (χ4v) is 4.81. The van der Waals surface area contributed by atoms with Crippen LogP contribution >= 0.6 is 0 Å². The fraction of sp³-hybridized carbons (Fsp3) is 0.905. The third-order valence-electron chi connectivity index (χ3n) is 6.54. The van der Waals surface area contributed by atoms with Gasteiger partial charge in [-0.1, -0.05) is 26.7 Å². The number of rotatable bonds is 5. The van der Waals surface area contributed by atoms with E-state index in [1.54, 1.807) is 0 Å². The van der Waals surface area contributed by atoms with E-state index in [1.807, 2.05) is 20.8 Å². The molecule has 26 heavy (non-hydrogen) atoms. The van der Waals surface area contributed by atoms with Gasteiger partial charge in [0.25, 0.3) is 0 Å². The molecular formula is C21H36N2O3. The van der Waals surface area contributed by atoms with Crippen molar-refractivity contribution in [3.05, 3.63) is 0 Å². The molecule has 2 aliphatic carbocycles. The van der Waals surface area contributed by atoms with Gasteiger partial charge in [-0.2, -0.15) is 0 Å². The topological polar surface area (TPSA) is 58.6 Å². The smallest absolute Gasteiger partial charge is 0.310 e. The molecule has 1 amide bonds. The molecule has 0 radical (unpaired) electrons. The normalized spacial score (nSPS) is 31.3. The second kappa shape index (κ2) is 7.14. The van der Waals surface area contributed by atoms with Crippen molar-refractivity contribution >= 4 is 11.9 Å². The van der Waals surface area contributed by atoms with Crippen LogP contribution in [0, 0.1) is 23.2 Å². The molecule has 5 heteroatoms. The number of ether oxygens (including phenoxy) is 1. The maximum Gasteiger partial charge on any atom is 0.310 e. The van der Waals surface area contributed by atoms with Crippen molar-refractivity contribution in [3.8, 4) is 0 Å². The van der Waals surface area contributed by atoms with Crippen LogP contribution in [0.15, 0.2) is 0 Å². The zero-order valence-corrected chi connectivity index (χ0v) is 17.1. The van der Waals surface area contributed by atoms with Crippen LogP contribution in [0.1, 0.15) is 66.7 Å². The minimum absolute atomic E-state index is 0.00666. The number of carbonyl (C=O) groups excluding carboxylic acids is 2. The van der Waals surface area contributed by atoms with Crippen LogP contribution < -0.4 is 5.32 Å². The summed E-state index contributed by atoms with van der Waals surface area (Å²) in [5, 5.41) is 3.62. The van der Waals surface area contributed by atoms with Crippen LogP contribution in [0.2, 0.25) is 0 Å². The molecule has 3 rings (SSSR count). The highest BCUT2D eigenvalue weighted by atomic mass is 16.6.